The van der Waals surface area contributed by atoms with Gasteiger partial charge in [0.15, 0.2) is 5.82 Å². The first-order valence-corrected chi connectivity index (χ1v) is 8.62. The highest BCUT2D eigenvalue weighted by Crippen LogP contribution is 2.25. The summed E-state index contributed by atoms with van der Waals surface area (Å²) in [6.45, 7) is 0. The zero-order chi connectivity index (χ0) is 19.5. The molecule has 4 rings (SSSR count). The molecule has 2 aromatic carbocycles. The Labute approximate surface area is 161 Å². The van der Waals surface area contributed by atoms with Crippen molar-refractivity contribution in [3.63, 3.8) is 0 Å². The zero-order valence-electron chi connectivity index (χ0n) is 15.4. The Morgan fingerprint density at radius 3 is 2.46 bits per heavy atom. The number of H-pyrrole nitrogens is 1. The van der Waals surface area contributed by atoms with Crippen molar-refractivity contribution in [2.24, 2.45) is 0 Å². The summed E-state index contributed by atoms with van der Waals surface area (Å²) in [6.07, 6.45) is 1.72. The summed E-state index contributed by atoms with van der Waals surface area (Å²) in [5, 5.41) is 2.89. The van der Waals surface area contributed by atoms with Gasteiger partial charge in [-0.05, 0) is 42.5 Å². The second-order valence-corrected chi connectivity index (χ2v) is 6.09. The van der Waals surface area contributed by atoms with Gasteiger partial charge in [-0.2, -0.15) is 0 Å². The Kier molecular flexibility index (Phi) is 4.63. The molecule has 0 bridgehead atoms. The van der Waals surface area contributed by atoms with Crippen LogP contribution in [0.1, 0.15) is 10.4 Å². The zero-order valence-corrected chi connectivity index (χ0v) is 15.4. The van der Waals surface area contributed by atoms with E-state index in [4.69, 9.17) is 9.47 Å². The van der Waals surface area contributed by atoms with E-state index in [2.05, 4.69) is 20.3 Å². The van der Waals surface area contributed by atoms with Crippen LogP contribution < -0.4 is 14.8 Å². The maximum Gasteiger partial charge on any atom is 0.255 e. The number of imidazole rings is 1. The minimum atomic E-state index is -0.263. The van der Waals surface area contributed by atoms with Gasteiger partial charge in [0.05, 0.1) is 25.3 Å². The third-order valence-corrected chi connectivity index (χ3v) is 4.26. The smallest absolute Gasteiger partial charge is 0.255 e. The third-order valence-electron chi connectivity index (χ3n) is 4.26. The summed E-state index contributed by atoms with van der Waals surface area (Å²) >= 11 is 0. The van der Waals surface area contributed by atoms with Gasteiger partial charge < -0.3 is 19.8 Å². The number of hydrogen-bond donors (Lipinski definition) is 2. The summed E-state index contributed by atoms with van der Waals surface area (Å²) < 4.78 is 10.4. The SMILES string of the molecule is COc1cc(OC)cc(C(=O)Nc2ccc3nc(-c4ccccn4)[nH]c3c2)c1. The van der Waals surface area contributed by atoms with Gasteiger partial charge in [-0.15, -0.1) is 0 Å². The molecule has 2 N–H and O–H groups in total. The lowest BCUT2D eigenvalue weighted by Crippen LogP contribution is -2.12. The van der Waals surface area contributed by atoms with E-state index in [-0.39, 0.29) is 5.91 Å². The molecule has 7 nitrogen and oxygen atoms in total. The lowest BCUT2D eigenvalue weighted by Gasteiger charge is -2.09. The van der Waals surface area contributed by atoms with Crippen LogP contribution in [0.3, 0.4) is 0 Å². The van der Waals surface area contributed by atoms with Crippen LogP contribution in [0.5, 0.6) is 11.5 Å². The molecule has 2 heterocycles. The number of pyridine rings is 1. The molecule has 0 fully saturated rings. The number of anilines is 1. The number of aromatic nitrogens is 3. The molecular formula is C21H18N4O3. The second-order valence-electron chi connectivity index (χ2n) is 6.09. The molecule has 0 spiro atoms. The number of benzene rings is 2. The minimum Gasteiger partial charge on any atom is -0.497 e. The molecule has 0 atom stereocenters. The first-order chi connectivity index (χ1) is 13.7. The fourth-order valence-corrected chi connectivity index (χ4v) is 2.85. The molecule has 0 aliphatic carbocycles. The Hall–Kier alpha value is -3.87. The highest BCUT2D eigenvalue weighted by atomic mass is 16.5. The van der Waals surface area contributed by atoms with Crippen molar-refractivity contribution < 1.29 is 14.3 Å². The van der Waals surface area contributed by atoms with Gasteiger partial charge in [0.2, 0.25) is 0 Å². The van der Waals surface area contributed by atoms with Crippen LogP contribution in [-0.4, -0.2) is 35.1 Å². The molecule has 0 saturated carbocycles. The van der Waals surface area contributed by atoms with Crippen molar-refractivity contribution in [3.05, 3.63) is 66.4 Å². The van der Waals surface area contributed by atoms with E-state index < -0.39 is 0 Å². The highest BCUT2D eigenvalue weighted by Gasteiger charge is 2.12. The van der Waals surface area contributed by atoms with Crippen molar-refractivity contribution >= 4 is 22.6 Å². The van der Waals surface area contributed by atoms with Gasteiger partial charge in [0, 0.05) is 23.5 Å². The highest BCUT2D eigenvalue weighted by molar-refractivity contribution is 6.05. The van der Waals surface area contributed by atoms with Crippen LogP contribution in [0.2, 0.25) is 0 Å². The number of fused-ring (bicyclic) bond motifs is 1. The molecule has 0 aliphatic rings. The van der Waals surface area contributed by atoms with E-state index in [0.29, 0.717) is 28.6 Å². The van der Waals surface area contributed by atoms with Crippen LogP contribution in [0.4, 0.5) is 5.69 Å². The summed E-state index contributed by atoms with van der Waals surface area (Å²) in [7, 11) is 3.09. The standard InChI is InChI=1S/C21H18N4O3/c1-27-15-9-13(10-16(12-15)28-2)21(26)23-14-6-7-17-19(11-14)25-20(24-17)18-5-3-4-8-22-18/h3-12H,1-2H3,(H,23,26)(H,24,25). The number of hydrogen-bond acceptors (Lipinski definition) is 5. The summed E-state index contributed by atoms with van der Waals surface area (Å²) in [6, 6.07) is 16.2. The molecule has 1 amide bonds. The average Bonchev–Trinajstić information content (AvgIpc) is 3.17. The number of nitrogens with one attached hydrogen (secondary N) is 2. The number of methoxy groups -OCH3 is 2. The van der Waals surface area contributed by atoms with E-state index in [1.807, 2.05) is 30.3 Å². The number of nitrogens with zero attached hydrogens (tertiary/aromatic N) is 2. The largest absolute Gasteiger partial charge is 0.497 e. The summed E-state index contributed by atoms with van der Waals surface area (Å²) in [5.74, 6) is 1.51. The monoisotopic (exact) mass is 374 g/mol. The third kappa shape index (κ3) is 3.50. The van der Waals surface area contributed by atoms with Crippen LogP contribution in [0, 0.1) is 0 Å². The molecular weight excluding hydrogens is 356 g/mol. The molecule has 140 valence electrons. The Morgan fingerprint density at radius 2 is 1.79 bits per heavy atom. The number of ether oxygens (including phenoxy) is 2. The molecule has 0 aliphatic heterocycles. The van der Waals surface area contributed by atoms with Crippen molar-refractivity contribution in [2.45, 2.75) is 0 Å². The Balaban J connectivity index is 1.60. The van der Waals surface area contributed by atoms with Gasteiger partial charge in [-0.1, -0.05) is 6.07 Å². The normalized spacial score (nSPS) is 10.6. The molecule has 4 aromatic rings. The maximum atomic E-state index is 12.7. The summed E-state index contributed by atoms with van der Waals surface area (Å²) in [5.41, 5.74) is 3.45. The average molecular weight is 374 g/mol. The van der Waals surface area contributed by atoms with E-state index in [1.54, 1.807) is 44.7 Å². The molecule has 0 saturated heterocycles. The van der Waals surface area contributed by atoms with Gasteiger partial charge in [-0.3, -0.25) is 9.78 Å². The van der Waals surface area contributed by atoms with Gasteiger partial charge in [0.25, 0.3) is 5.91 Å². The predicted octanol–water partition coefficient (Wildman–Crippen LogP) is 3.89. The fraction of sp³-hybridized carbons (Fsp3) is 0.0952. The lowest BCUT2D eigenvalue weighted by atomic mass is 10.1. The molecule has 0 radical (unpaired) electrons. The molecule has 0 unspecified atom stereocenters. The number of aromatic amines is 1. The molecule has 28 heavy (non-hydrogen) atoms. The van der Waals surface area contributed by atoms with Gasteiger partial charge >= 0.3 is 0 Å². The topological polar surface area (TPSA) is 89.1 Å². The number of rotatable bonds is 5. The predicted molar refractivity (Wildman–Crippen MR) is 107 cm³/mol. The van der Waals surface area contributed by atoms with Crippen molar-refractivity contribution in [1.29, 1.82) is 0 Å². The minimum absolute atomic E-state index is 0.263. The van der Waals surface area contributed by atoms with E-state index >= 15 is 0 Å². The van der Waals surface area contributed by atoms with Gasteiger partial charge in [0.1, 0.15) is 17.2 Å². The quantitative estimate of drug-likeness (QED) is 0.553. The first-order valence-electron chi connectivity index (χ1n) is 8.62. The number of carbonyl (C=O) groups excluding carboxylic acids is 1. The number of carbonyl (C=O) groups is 1. The summed E-state index contributed by atoms with van der Waals surface area (Å²) in [4.78, 5) is 24.7. The molecule has 2 aromatic heterocycles. The van der Waals surface area contributed by atoms with Gasteiger partial charge in [-0.25, -0.2) is 4.98 Å². The molecule has 7 heteroatoms. The fourth-order valence-electron chi connectivity index (χ4n) is 2.85. The Morgan fingerprint density at radius 1 is 1.00 bits per heavy atom. The van der Waals surface area contributed by atoms with E-state index in [0.717, 1.165) is 16.7 Å². The van der Waals surface area contributed by atoms with Crippen molar-refractivity contribution in [2.75, 3.05) is 19.5 Å². The van der Waals surface area contributed by atoms with E-state index in [9.17, 15) is 4.79 Å². The second kappa shape index (κ2) is 7.40. The van der Waals surface area contributed by atoms with Crippen LogP contribution >= 0.6 is 0 Å². The maximum absolute atomic E-state index is 12.7. The van der Waals surface area contributed by atoms with Crippen LogP contribution in [0.25, 0.3) is 22.6 Å². The number of amides is 1. The van der Waals surface area contributed by atoms with Crippen molar-refractivity contribution in [1.82, 2.24) is 15.0 Å². The van der Waals surface area contributed by atoms with Crippen LogP contribution in [-0.2, 0) is 0 Å². The van der Waals surface area contributed by atoms with Crippen LogP contribution in [0.15, 0.2) is 60.8 Å². The lowest BCUT2D eigenvalue weighted by molar-refractivity contribution is 0.102. The Bertz CT molecular complexity index is 1120. The van der Waals surface area contributed by atoms with Crippen molar-refractivity contribution in [3.8, 4) is 23.0 Å². The van der Waals surface area contributed by atoms with E-state index in [1.165, 1.54) is 0 Å². The first kappa shape index (κ1) is 17.5.